The van der Waals surface area contributed by atoms with Crippen LogP contribution in [0.5, 0.6) is 0 Å². The predicted octanol–water partition coefficient (Wildman–Crippen LogP) is 2.66. The molecule has 3 aliphatic heterocycles. The van der Waals surface area contributed by atoms with Crippen molar-refractivity contribution in [2.24, 2.45) is 0 Å². The third kappa shape index (κ3) is 3.63. The number of aliphatic hydroxyl groups is 1. The molecular weight excluding hydrogens is 458 g/mol. The molecule has 3 heterocycles. The highest BCUT2D eigenvalue weighted by Crippen LogP contribution is 2.53. The Morgan fingerprint density at radius 2 is 1.69 bits per heavy atom. The molecule has 5 rings (SSSR count). The Balaban J connectivity index is 1.64. The van der Waals surface area contributed by atoms with E-state index in [9.17, 15) is 19.5 Å². The lowest BCUT2D eigenvalue weighted by Crippen LogP contribution is -2.52. The van der Waals surface area contributed by atoms with Crippen molar-refractivity contribution in [3.05, 3.63) is 70.8 Å². The average molecular weight is 490 g/mol. The Hall–Kier alpha value is -3.49. The van der Waals surface area contributed by atoms with Gasteiger partial charge in [-0.3, -0.25) is 19.3 Å². The van der Waals surface area contributed by atoms with Crippen LogP contribution in [0.3, 0.4) is 0 Å². The number of ether oxygens (including phenoxy) is 1. The molecule has 0 saturated carbocycles. The molecule has 1 spiro atoms. The van der Waals surface area contributed by atoms with E-state index in [1.165, 1.54) is 4.90 Å². The molecule has 2 amide bonds. The number of Topliss-reactive ketones (excluding diaryl/α,β-unsaturated/α-hetero) is 1. The number of amides is 2. The van der Waals surface area contributed by atoms with Crippen molar-refractivity contribution in [1.29, 1.82) is 0 Å². The van der Waals surface area contributed by atoms with Gasteiger partial charge in [-0.05, 0) is 26.3 Å². The number of ketones is 1. The number of nitrogens with zero attached hydrogens (tertiary/aromatic N) is 3. The molecule has 1 atom stereocenters. The molecule has 1 N–H and O–H groups in total. The first-order chi connectivity index (χ1) is 17.4. The summed E-state index contributed by atoms with van der Waals surface area (Å²) in [5, 5.41) is 11.5. The molecule has 8 nitrogen and oxygen atoms in total. The molecular formula is C28H31N3O5. The summed E-state index contributed by atoms with van der Waals surface area (Å²) in [5.41, 5.74) is 0.740. The summed E-state index contributed by atoms with van der Waals surface area (Å²) in [5.74, 6) is -2.30. The number of fused-ring (bicyclic) bond motifs is 2. The molecule has 0 radical (unpaired) electrons. The number of likely N-dealkylation sites (N-methyl/N-ethyl adjacent to an activating group) is 1. The first kappa shape index (κ1) is 24.2. The van der Waals surface area contributed by atoms with Crippen LogP contribution >= 0.6 is 0 Å². The van der Waals surface area contributed by atoms with Gasteiger partial charge in [0, 0.05) is 43.9 Å². The van der Waals surface area contributed by atoms with E-state index in [1.807, 2.05) is 38.1 Å². The topological polar surface area (TPSA) is 90.4 Å². The van der Waals surface area contributed by atoms with E-state index in [0.717, 1.165) is 18.7 Å². The molecule has 0 aromatic heterocycles. The van der Waals surface area contributed by atoms with Crippen LogP contribution in [-0.4, -0.2) is 78.4 Å². The Labute approximate surface area is 210 Å². The van der Waals surface area contributed by atoms with Crippen LogP contribution in [0.4, 0.5) is 5.69 Å². The standard InChI is InChI=1S/C28H31N3O5/c1-3-30-22-8-5-4-7-21(22)28(27(30)35)23(24(32)20-11-9-19(2)10-12-20)25(33)26(34)31(28)14-6-13-29-15-17-36-18-16-29/h4-5,7-12,32H,3,6,13-18H2,1-2H3/t28-/m0/s1. The number of aliphatic hydroxyl groups excluding tert-OH is 1. The highest BCUT2D eigenvalue weighted by atomic mass is 16.5. The van der Waals surface area contributed by atoms with E-state index in [-0.39, 0.29) is 23.8 Å². The smallest absolute Gasteiger partial charge is 0.296 e. The van der Waals surface area contributed by atoms with Gasteiger partial charge in [-0.15, -0.1) is 0 Å². The van der Waals surface area contributed by atoms with Crippen LogP contribution in [0, 0.1) is 6.92 Å². The van der Waals surface area contributed by atoms with E-state index < -0.39 is 17.2 Å². The molecule has 2 saturated heterocycles. The molecule has 0 aliphatic carbocycles. The number of rotatable bonds is 6. The lowest BCUT2D eigenvalue weighted by atomic mass is 9.81. The Morgan fingerprint density at radius 1 is 1.00 bits per heavy atom. The van der Waals surface area contributed by atoms with Crippen LogP contribution < -0.4 is 4.90 Å². The van der Waals surface area contributed by atoms with Crippen molar-refractivity contribution in [3.8, 4) is 0 Å². The zero-order valence-electron chi connectivity index (χ0n) is 20.7. The van der Waals surface area contributed by atoms with Gasteiger partial charge in [0.05, 0.1) is 24.5 Å². The number of likely N-dealkylation sites (tertiary alicyclic amines) is 1. The van der Waals surface area contributed by atoms with Gasteiger partial charge < -0.3 is 19.6 Å². The Morgan fingerprint density at radius 3 is 2.39 bits per heavy atom. The third-order valence-corrected chi connectivity index (χ3v) is 7.41. The minimum Gasteiger partial charge on any atom is -0.507 e. The van der Waals surface area contributed by atoms with Gasteiger partial charge in [-0.25, -0.2) is 0 Å². The summed E-state index contributed by atoms with van der Waals surface area (Å²) >= 11 is 0. The third-order valence-electron chi connectivity index (χ3n) is 7.41. The second kappa shape index (κ2) is 9.52. The van der Waals surface area contributed by atoms with Gasteiger partial charge >= 0.3 is 0 Å². The average Bonchev–Trinajstić information content (AvgIpc) is 3.27. The van der Waals surface area contributed by atoms with Crippen LogP contribution in [0.2, 0.25) is 0 Å². The zero-order chi connectivity index (χ0) is 25.4. The lowest BCUT2D eigenvalue weighted by molar-refractivity contribution is -0.143. The normalized spacial score (nSPS) is 23.7. The zero-order valence-corrected chi connectivity index (χ0v) is 20.7. The molecule has 2 aromatic carbocycles. The maximum absolute atomic E-state index is 14.2. The van der Waals surface area contributed by atoms with Crippen LogP contribution in [-0.2, 0) is 24.7 Å². The molecule has 3 aliphatic rings. The van der Waals surface area contributed by atoms with Crippen LogP contribution in [0.1, 0.15) is 30.0 Å². The van der Waals surface area contributed by atoms with Crippen LogP contribution in [0.15, 0.2) is 54.1 Å². The first-order valence-corrected chi connectivity index (χ1v) is 12.5. The predicted molar refractivity (Wildman–Crippen MR) is 135 cm³/mol. The van der Waals surface area contributed by atoms with E-state index in [0.29, 0.717) is 49.5 Å². The molecule has 36 heavy (non-hydrogen) atoms. The maximum Gasteiger partial charge on any atom is 0.296 e. The molecule has 8 heteroatoms. The van der Waals surface area contributed by atoms with Crippen molar-refractivity contribution in [3.63, 3.8) is 0 Å². The minimum atomic E-state index is -1.69. The summed E-state index contributed by atoms with van der Waals surface area (Å²) in [6, 6.07) is 14.3. The number of carbonyl (C=O) groups is 3. The number of aryl methyl sites for hydroxylation is 1. The van der Waals surface area contributed by atoms with Gasteiger partial charge in [0.1, 0.15) is 5.76 Å². The Bertz CT molecular complexity index is 1230. The quantitative estimate of drug-likeness (QED) is 0.381. The maximum atomic E-state index is 14.2. The minimum absolute atomic E-state index is 0.156. The van der Waals surface area contributed by atoms with Gasteiger partial charge in [-0.2, -0.15) is 0 Å². The SMILES string of the molecule is CCN1C(=O)[C@@]2(C(=C(O)c3ccc(C)cc3)C(=O)C(=O)N2CCCN2CCOCC2)c2ccccc21. The van der Waals surface area contributed by atoms with Gasteiger partial charge in [-0.1, -0.05) is 48.0 Å². The summed E-state index contributed by atoms with van der Waals surface area (Å²) in [7, 11) is 0. The van der Waals surface area contributed by atoms with E-state index in [2.05, 4.69) is 4.90 Å². The second-order valence-corrected chi connectivity index (χ2v) is 9.46. The van der Waals surface area contributed by atoms with Gasteiger partial charge in [0.15, 0.2) is 5.54 Å². The fraction of sp³-hybridized carbons (Fsp3) is 0.393. The second-order valence-electron chi connectivity index (χ2n) is 9.46. The number of benzene rings is 2. The first-order valence-electron chi connectivity index (χ1n) is 12.5. The van der Waals surface area contributed by atoms with Crippen molar-refractivity contribution in [1.82, 2.24) is 9.80 Å². The van der Waals surface area contributed by atoms with E-state index in [1.54, 1.807) is 29.2 Å². The molecule has 2 fully saturated rings. The summed E-state index contributed by atoms with van der Waals surface area (Å²) in [4.78, 5) is 46.5. The monoisotopic (exact) mass is 489 g/mol. The van der Waals surface area contributed by atoms with Crippen molar-refractivity contribution >= 4 is 29.0 Å². The van der Waals surface area contributed by atoms with Gasteiger partial charge in [0.25, 0.3) is 17.6 Å². The highest BCUT2D eigenvalue weighted by Gasteiger charge is 2.66. The molecule has 0 bridgehead atoms. The molecule has 188 valence electrons. The summed E-state index contributed by atoms with van der Waals surface area (Å²) in [6.07, 6.45) is 0.584. The highest BCUT2D eigenvalue weighted by molar-refractivity contribution is 6.50. The van der Waals surface area contributed by atoms with Gasteiger partial charge in [0.2, 0.25) is 0 Å². The molecule has 0 unspecified atom stereocenters. The van der Waals surface area contributed by atoms with Crippen molar-refractivity contribution in [2.75, 3.05) is 50.8 Å². The summed E-state index contributed by atoms with van der Waals surface area (Å²) < 4.78 is 5.42. The largest absolute Gasteiger partial charge is 0.507 e. The fourth-order valence-corrected chi connectivity index (χ4v) is 5.61. The Kier molecular flexibility index (Phi) is 6.40. The number of morpholine rings is 1. The van der Waals surface area contributed by atoms with Crippen LogP contribution in [0.25, 0.3) is 5.76 Å². The number of anilines is 1. The lowest BCUT2D eigenvalue weighted by Gasteiger charge is -2.35. The number of hydrogen-bond donors (Lipinski definition) is 1. The fourth-order valence-electron chi connectivity index (χ4n) is 5.61. The molecule has 2 aromatic rings. The summed E-state index contributed by atoms with van der Waals surface area (Å²) in [6.45, 7) is 8.03. The van der Waals surface area contributed by atoms with E-state index in [4.69, 9.17) is 4.74 Å². The number of hydrogen-bond acceptors (Lipinski definition) is 6. The van der Waals surface area contributed by atoms with E-state index >= 15 is 0 Å². The van der Waals surface area contributed by atoms with Crippen molar-refractivity contribution < 1.29 is 24.2 Å². The van der Waals surface area contributed by atoms with Crippen molar-refractivity contribution in [2.45, 2.75) is 25.8 Å². The number of para-hydroxylation sites is 1. The number of carbonyl (C=O) groups excluding carboxylic acids is 3.